The number of rotatable bonds is 7. The fourth-order valence-corrected chi connectivity index (χ4v) is 5.82. The van der Waals surface area contributed by atoms with E-state index in [1.807, 2.05) is 80.2 Å². The van der Waals surface area contributed by atoms with E-state index in [0.29, 0.717) is 63.0 Å². The Kier molecular flexibility index (Phi) is 9.55. The van der Waals surface area contributed by atoms with Crippen LogP contribution in [0.15, 0.2) is 54.7 Å². The SMILES string of the molecule is CC(C)(C)OC(=O)N1CCC(n2ncc3c(N4CCOCC4)nc(-c4ccc(NC(=O)Nc5ccc(CCO)cc5)cc4)nc32)CC1. The van der Waals surface area contributed by atoms with Gasteiger partial charge in [0, 0.05) is 49.7 Å². The van der Waals surface area contributed by atoms with E-state index in [9.17, 15) is 9.59 Å². The second-order valence-electron chi connectivity index (χ2n) is 12.8. The number of aliphatic hydroxyl groups is 1. The van der Waals surface area contributed by atoms with Crippen molar-refractivity contribution >= 4 is 40.4 Å². The van der Waals surface area contributed by atoms with Crippen molar-refractivity contribution < 1.29 is 24.2 Å². The predicted molar refractivity (Wildman–Crippen MR) is 180 cm³/mol. The molecule has 6 rings (SSSR count). The number of anilines is 3. The summed E-state index contributed by atoms with van der Waals surface area (Å²) < 4.78 is 13.2. The lowest BCUT2D eigenvalue weighted by molar-refractivity contribution is 0.0186. The van der Waals surface area contributed by atoms with Crippen LogP contribution in [0.5, 0.6) is 0 Å². The van der Waals surface area contributed by atoms with Crippen LogP contribution in [0.2, 0.25) is 0 Å². The monoisotopic (exact) mass is 642 g/mol. The van der Waals surface area contributed by atoms with Crippen LogP contribution in [-0.4, -0.2) is 93.5 Å². The highest BCUT2D eigenvalue weighted by Crippen LogP contribution is 2.32. The van der Waals surface area contributed by atoms with Crippen LogP contribution in [0, 0.1) is 0 Å². The molecule has 248 valence electrons. The zero-order chi connectivity index (χ0) is 33.0. The number of ether oxygens (including phenoxy) is 2. The zero-order valence-electron chi connectivity index (χ0n) is 27.1. The summed E-state index contributed by atoms with van der Waals surface area (Å²) in [5.41, 5.74) is 3.30. The van der Waals surface area contributed by atoms with Gasteiger partial charge in [0.05, 0.1) is 30.8 Å². The number of benzene rings is 2. The van der Waals surface area contributed by atoms with Gasteiger partial charge < -0.3 is 35.0 Å². The second kappa shape index (κ2) is 13.9. The van der Waals surface area contributed by atoms with Crippen molar-refractivity contribution in [2.45, 2.75) is 51.7 Å². The maximum absolute atomic E-state index is 12.6. The van der Waals surface area contributed by atoms with E-state index in [4.69, 9.17) is 29.6 Å². The van der Waals surface area contributed by atoms with Crippen molar-refractivity contribution in [3.05, 3.63) is 60.3 Å². The van der Waals surface area contributed by atoms with E-state index in [0.717, 1.165) is 40.8 Å². The Morgan fingerprint density at radius 1 is 0.936 bits per heavy atom. The Labute approximate surface area is 273 Å². The number of piperidine rings is 1. The Hall–Kier alpha value is -4.75. The number of hydrogen-bond donors (Lipinski definition) is 3. The highest BCUT2D eigenvalue weighted by Gasteiger charge is 2.30. The molecule has 4 heterocycles. The molecule has 4 aromatic rings. The molecular weight excluding hydrogens is 600 g/mol. The Balaban J connectivity index is 1.21. The number of hydrogen-bond acceptors (Lipinski definition) is 9. The van der Waals surface area contributed by atoms with E-state index < -0.39 is 5.60 Å². The summed E-state index contributed by atoms with van der Waals surface area (Å²) in [7, 11) is 0. The fourth-order valence-electron chi connectivity index (χ4n) is 5.82. The third kappa shape index (κ3) is 7.80. The molecule has 3 amide bonds. The normalized spacial score (nSPS) is 15.9. The van der Waals surface area contributed by atoms with Crippen LogP contribution in [-0.2, 0) is 15.9 Å². The van der Waals surface area contributed by atoms with E-state index >= 15 is 0 Å². The van der Waals surface area contributed by atoms with Crippen LogP contribution < -0.4 is 15.5 Å². The molecule has 0 saturated carbocycles. The minimum absolute atomic E-state index is 0.0717. The Morgan fingerprint density at radius 2 is 1.57 bits per heavy atom. The maximum Gasteiger partial charge on any atom is 0.410 e. The van der Waals surface area contributed by atoms with Crippen LogP contribution >= 0.6 is 0 Å². The number of fused-ring (bicyclic) bond motifs is 1. The van der Waals surface area contributed by atoms with E-state index in [2.05, 4.69) is 15.5 Å². The standard InChI is InChI=1S/C34H42N8O5/c1-34(2,3)47-33(45)41-15-12-27(13-16-41)42-31-28(22-35-42)30(40-17-20-46-21-18-40)38-29(39-31)24-6-10-26(11-7-24)37-32(44)36-25-8-4-23(5-9-25)14-19-43/h4-11,22,27,43H,12-21H2,1-3H3,(H2,36,37,44). The Bertz CT molecular complexity index is 1690. The summed E-state index contributed by atoms with van der Waals surface area (Å²) in [6, 6.07) is 14.5. The van der Waals surface area contributed by atoms with Gasteiger partial charge in [0.15, 0.2) is 11.5 Å². The minimum Gasteiger partial charge on any atom is -0.444 e. The summed E-state index contributed by atoms with van der Waals surface area (Å²) in [5, 5.41) is 20.5. The molecule has 47 heavy (non-hydrogen) atoms. The third-order valence-electron chi connectivity index (χ3n) is 8.22. The fraction of sp³-hybridized carbons (Fsp3) is 0.441. The Morgan fingerprint density at radius 3 is 2.19 bits per heavy atom. The van der Waals surface area contributed by atoms with Gasteiger partial charge in [-0.05, 0) is 82.0 Å². The van der Waals surface area contributed by atoms with Crippen LogP contribution in [0.1, 0.15) is 45.2 Å². The van der Waals surface area contributed by atoms with Crippen molar-refractivity contribution in [3.8, 4) is 11.4 Å². The number of nitrogens with zero attached hydrogens (tertiary/aromatic N) is 6. The molecule has 2 aromatic heterocycles. The molecule has 0 atom stereocenters. The molecule has 2 aliphatic rings. The number of morpholine rings is 1. The van der Waals surface area contributed by atoms with Crippen molar-refractivity contribution in [3.63, 3.8) is 0 Å². The molecule has 2 aliphatic heterocycles. The van der Waals surface area contributed by atoms with Crippen molar-refractivity contribution in [2.75, 3.05) is 61.5 Å². The lowest BCUT2D eigenvalue weighted by Crippen LogP contribution is -2.42. The number of aromatic nitrogens is 4. The number of nitrogens with one attached hydrogen (secondary N) is 2. The molecular formula is C34H42N8O5. The number of carbonyl (C=O) groups is 2. The lowest BCUT2D eigenvalue weighted by atomic mass is 10.1. The smallest absolute Gasteiger partial charge is 0.410 e. The van der Waals surface area contributed by atoms with Gasteiger partial charge in [-0.3, -0.25) is 0 Å². The van der Waals surface area contributed by atoms with Gasteiger partial charge >= 0.3 is 12.1 Å². The first-order chi connectivity index (χ1) is 22.7. The first-order valence-corrected chi connectivity index (χ1v) is 16.1. The van der Waals surface area contributed by atoms with E-state index in [1.165, 1.54) is 0 Å². The van der Waals surface area contributed by atoms with Gasteiger partial charge in [0.25, 0.3) is 0 Å². The predicted octanol–water partition coefficient (Wildman–Crippen LogP) is 5.08. The van der Waals surface area contributed by atoms with Gasteiger partial charge in [-0.25, -0.2) is 24.2 Å². The van der Waals surface area contributed by atoms with Gasteiger partial charge in [-0.15, -0.1) is 0 Å². The van der Waals surface area contributed by atoms with Gasteiger partial charge in [0.2, 0.25) is 0 Å². The quantitative estimate of drug-likeness (QED) is 0.251. The molecule has 13 heteroatoms. The average molecular weight is 643 g/mol. The first kappa shape index (κ1) is 32.2. The second-order valence-corrected chi connectivity index (χ2v) is 12.8. The molecule has 2 fully saturated rings. The van der Waals surface area contributed by atoms with Crippen LogP contribution in [0.4, 0.5) is 26.8 Å². The molecule has 2 saturated heterocycles. The summed E-state index contributed by atoms with van der Waals surface area (Å²) in [6.07, 6.45) is 3.59. The van der Waals surface area contributed by atoms with E-state index in [-0.39, 0.29) is 24.8 Å². The average Bonchev–Trinajstić information content (AvgIpc) is 3.49. The molecule has 0 unspecified atom stereocenters. The van der Waals surface area contributed by atoms with Gasteiger partial charge in [-0.1, -0.05) is 12.1 Å². The molecule has 0 bridgehead atoms. The number of likely N-dealkylation sites (tertiary alicyclic amines) is 1. The molecule has 13 nitrogen and oxygen atoms in total. The van der Waals surface area contributed by atoms with Crippen molar-refractivity contribution in [1.82, 2.24) is 24.6 Å². The number of urea groups is 1. The molecule has 0 radical (unpaired) electrons. The van der Waals surface area contributed by atoms with Crippen molar-refractivity contribution in [2.24, 2.45) is 0 Å². The van der Waals surface area contributed by atoms with Crippen molar-refractivity contribution in [1.29, 1.82) is 0 Å². The summed E-state index contributed by atoms with van der Waals surface area (Å²) >= 11 is 0. The molecule has 3 N–H and O–H groups in total. The van der Waals surface area contributed by atoms with Gasteiger partial charge in [0.1, 0.15) is 11.4 Å². The number of carbonyl (C=O) groups excluding carboxylic acids is 2. The molecule has 0 spiro atoms. The largest absolute Gasteiger partial charge is 0.444 e. The van der Waals surface area contributed by atoms with Gasteiger partial charge in [-0.2, -0.15) is 5.10 Å². The number of amides is 3. The third-order valence-corrected chi connectivity index (χ3v) is 8.22. The van der Waals surface area contributed by atoms with Crippen LogP contribution in [0.25, 0.3) is 22.4 Å². The summed E-state index contributed by atoms with van der Waals surface area (Å²) in [5.74, 6) is 1.38. The first-order valence-electron chi connectivity index (χ1n) is 16.1. The van der Waals surface area contributed by atoms with Crippen LogP contribution in [0.3, 0.4) is 0 Å². The maximum atomic E-state index is 12.6. The topological polar surface area (TPSA) is 147 Å². The highest BCUT2D eigenvalue weighted by atomic mass is 16.6. The lowest BCUT2D eigenvalue weighted by Gasteiger charge is -2.33. The highest BCUT2D eigenvalue weighted by molar-refractivity contribution is 6.00. The molecule has 0 aliphatic carbocycles. The molecule has 2 aromatic carbocycles. The summed E-state index contributed by atoms with van der Waals surface area (Å²) in [6.45, 7) is 9.52. The number of aliphatic hydroxyl groups excluding tert-OH is 1. The van der Waals surface area contributed by atoms with E-state index in [1.54, 1.807) is 4.90 Å². The zero-order valence-corrected chi connectivity index (χ0v) is 27.1. The minimum atomic E-state index is -0.537. The summed E-state index contributed by atoms with van der Waals surface area (Å²) in [4.78, 5) is 39.3.